The third kappa shape index (κ3) is 12.2. The minimum absolute atomic E-state index is 0.00578. The fraction of sp³-hybridized carbons (Fsp3) is 0.290. The molecule has 3 rings (SSSR count). The predicted octanol–water partition coefficient (Wildman–Crippen LogP) is 1.83. The monoisotopic (exact) mass is 560 g/mol. The number of nitrogens with one attached hydrogen (secondary N) is 2. The summed E-state index contributed by atoms with van der Waals surface area (Å²) in [5, 5.41) is 14.8. The van der Waals surface area contributed by atoms with E-state index in [0.717, 1.165) is 29.4 Å². The summed E-state index contributed by atoms with van der Waals surface area (Å²) in [5.74, 6) is -1.39. The Hall–Kier alpha value is -4.86. The molecule has 218 valence electrons. The smallest absolute Gasteiger partial charge is 0.242 e. The first-order valence-electron chi connectivity index (χ1n) is 13.3. The summed E-state index contributed by atoms with van der Waals surface area (Å²) in [6.45, 7) is 4.17. The molecule has 0 saturated heterocycles. The molecule has 0 fully saturated rings. The molecule has 6 N–H and O–H groups in total. The Bertz CT molecular complexity index is 1200. The molecule has 0 heterocycles. The van der Waals surface area contributed by atoms with Crippen LogP contribution in [0.2, 0.25) is 0 Å². The maximum Gasteiger partial charge on any atom is 0.242 e. The standard InChI is InChI=1S/C29H35N5O3.C2H4O2/c1-2-37-24-17-15-21(16-18-24)20-33-27(35)25(14-9-19-32-29(30)31)34-28(36)26(22-10-5-3-6-11-22)23-12-7-4-8-13-23;1-2(3)4/h3-8,10-13,15-18,25-26H,2,9,14,19-20H2,1H3,(H,33,35)(H,34,36)(H4,30,31,32);1H3,(H,3,4)/p-1/t25-;/m1./s1. The number of benzene rings is 3. The van der Waals surface area contributed by atoms with Crippen LogP contribution in [0.5, 0.6) is 5.75 Å². The Morgan fingerprint density at radius 1 is 0.878 bits per heavy atom. The van der Waals surface area contributed by atoms with Crippen LogP contribution in [-0.4, -0.2) is 42.9 Å². The topological polar surface area (TPSA) is 172 Å². The molecule has 1 atom stereocenters. The fourth-order valence-electron chi connectivity index (χ4n) is 4.00. The Balaban J connectivity index is 0.00000138. The van der Waals surface area contributed by atoms with Crippen LogP contribution < -0.4 is 31.9 Å². The number of nitrogens with two attached hydrogens (primary N) is 2. The minimum Gasteiger partial charge on any atom is -0.550 e. The molecular formula is C31H38N5O5-. The lowest BCUT2D eigenvalue weighted by Crippen LogP contribution is -2.48. The number of rotatable bonds is 13. The quantitative estimate of drug-likeness (QED) is 0.140. The van der Waals surface area contributed by atoms with Gasteiger partial charge in [0.25, 0.3) is 0 Å². The van der Waals surface area contributed by atoms with E-state index in [0.29, 0.717) is 32.5 Å². The third-order valence-corrected chi connectivity index (χ3v) is 5.81. The molecule has 3 aromatic carbocycles. The van der Waals surface area contributed by atoms with Crippen LogP contribution in [-0.2, 0) is 20.9 Å². The van der Waals surface area contributed by atoms with Gasteiger partial charge in [0.2, 0.25) is 11.8 Å². The normalized spacial score (nSPS) is 10.9. The van der Waals surface area contributed by atoms with Crippen LogP contribution >= 0.6 is 0 Å². The van der Waals surface area contributed by atoms with Crippen molar-refractivity contribution in [3.05, 3.63) is 102 Å². The van der Waals surface area contributed by atoms with Gasteiger partial charge in [0.1, 0.15) is 11.8 Å². The number of carbonyl (C=O) groups excluding carboxylic acids is 3. The molecule has 0 aliphatic rings. The van der Waals surface area contributed by atoms with E-state index in [2.05, 4.69) is 15.6 Å². The molecule has 0 aliphatic heterocycles. The molecule has 0 aliphatic carbocycles. The zero-order chi connectivity index (χ0) is 30.0. The Labute approximate surface area is 240 Å². The van der Waals surface area contributed by atoms with Gasteiger partial charge < -0.3 is 36.7 Å². The zero-order valence-electron chi connectivity index (χ0n) is 23.4. The number of carboxylic acid groups (broad SMARTS) is 1. The van der Waals surface area contributed by atoms with Crippen LogP contribution in [0, 0.1) is 0 Å². The number of hydrogen-bond donors (Lipinski definition) is 4. The van der Waals surface area contributed by atoms with Crippen LogP contribution in [0.25, 0.3) is 0 Å². The molecule has 2 amide bonds. The molecule has 0 bridgehead atoms. The van der Waals surface area contributed by atoms with Crippen molar-refractivity contribution in [3.63, 3.8) is 0 Å². The second-order valence-corrected chi connectivity index (χ2v) is 9.05. The largest absolute Gasteiger partial charge is 0.550 e. The number of aliphatic imine (C=N–C) groups is 1. The maximum atomic E-state index is 13.6. The van der Waals surface area contributed by atoms with Crippen LogP contribution in [0.1, 0.15) is 49.3 Å². The number of carboxylic acids is 1. The van der Waals surface area contributed by atoms with E-state index >= 15 is 0 Å². The van der Waals surface area contributed by atoms with Gasteiger partial charge in [-0.3, -0.25) is 14.6 Å². The second kappa shape index (κ2) is 17.7. The highest BCUT2D eigenvalue weighted by Gasteiger charge is 2.27. The van der Waals surface area contributed by atoms with Gasteiger partial charge in [0.05, 0.1) is 12.5 Å². The van der Waals surface area contributed by atoms with Gasteiger partial charge in [-0.2, -0.15) is 0 Å². The number of aliphatic carboxylic acids is 1. The van der Waals surface area contributed by atoms with Crippen molar-refractivity contribution in [1.29, 1.82) is 0 Å². The number of carbonyl (C=O) groups is 3. The SMILES string of the molecule is CC(=O)[O-].CCOc1ccc(CNC(=O)[C@@H](CCCN=C(N)N)NC(=O)C(c2ccccc2)c2ccccc2)cc1. The summed E-state index contributed by atoms with van der Waals surface area (Å²) >= 11 is 0. The lowest BCUT2D eigenvalue weighted by atomic mass is 9.90. The van der Waals surface area contributed by atoms with E-state index in [1.165, 1.54) is 0 Å². The summed E-state index contributed by atoms with van der Waals surface area (Å²) in [6.07, 6.45) is 0.911. The lowest BCUT2D eigenvalue weighted by Gasteiger charge is -2.23. The summed E-state index contributed by atoms with van der Waals surface area (Å²) in [6, 6.07) is 25.8. The first-order valence-corrected chi connectivity index (χ1v) is 13.3. The van der Waals surface area contributed by atoms with Crippen molar-refractivity contribution >= 4 is 23.7 Å². The van der Waals surface area contributed by atoms with Gasteiger partial charge in [0.15, 0.2) is 5.96 Å². The molecule has 0 unspecified atom stereocenters. The Morgan fingerprint density at radius 3 is 1.90 bits per heavy atom. The molecule has 10 heteroatoms. The fourth-order valence-corrected chi connectivity index (χ4v) is 4.00. The zero-order valence-corrected chi connectivity index (χ0v) is 23.4. The van der Waals surface area contributed by atoms with Gasteiger partial charge >= 0.3 is 0 Å². The highest BCUT2D eigenvalue weighted by molar-refractivity contribution is 5.92. The van der Waals surface area contributed by atoms with Gasteiger partial charge in [-0.15, -0.1) is 0 Å². The van der Waals surface area contributed by atoms with E-state index in [1.54, 1.807) is 0 Å². The van der Waals surface area contributed by atoms with E-state index in [9.17, 15) is 9.59 Å². The summed E-state index contributed by atoms with van der Waals surface area (Å²) < 4.78 is 5.47. The maximum absolute atomic E-state index is 13.6. The second-order valence-electron chi connectivity index (χ2n) is 9.05. The van der Waals surface area contributed by atoms with Gasteiger partial charge in [-0.1, -0.05) is 72.8 Å². The van der Waals surface area contributed by atoms with Gasteiger partial charge in [-0.05, 0) is 55.5 Å². The Kier molecular flexibility index (Phi) is 13.9. The first-order chi connectivity index (χ1) is 19.7. The van der Waals surface area contributed by atoms with Gasteiger partial charge in [0, 0.05) is 19.1 Å². The van der Waals surface area contributed by atoms with E-state index in [1.807, 2.05) is 91.9 Å². The van der Waals surface area contributed by atoms with Crippen molar-refractivity contribution in [1.82, 2.24) is 10.6 Å². The molecular weight excluding hydrogens is 522 g/mol. The highest BCUT2D eigenvalue weighted by Crippen LogP contribution is 2.25. The van der Waals surface area contributed by atoms with Crippen molar-refractivity contribution in [2.24, 2.45) is 16.5 Å². The third-order valence-electron chi connectivity index (χ3n) is 5.81. The van der Waals surface area contributed by atoms with Crippen molar-refractivity contribution in [2.75, 3.05) is 13.2 Å². The summed E-state index contributed by atoms with van der Waals surface area (Å²) in [5.41, 5.74) is 13.5. The molecule has 0 aromatic heterocycles. The molecule has 3 aromatic rings. The van der Waals surface area contributed by atoms with Crippen LogP contribution in [0.15, 0.2) is 89.9 Å². The predicted molar refractivity (Wildman–Crippen MR) is 157 cm³/mol. The number of nitrogens with zero attached hydrogens (tertiary/aromatic N) is 1. The van der Waals surface area contributed by atoms with Crippen molar-refractivity contribution in [3.8, 4) is 5.75 Å². The molecule has 41 heavy (non-hydrogen) atoms. The van der Waals surface area contributed by atoms with Crippen LogP contribution in [0.3, 0.4) is 0 Å². The van der Waals surface area contributed by atoms with E-state index in [4.69, 9.17) is 26.1 Å². The average molecular weight is 561 g/mol. The summed E-state index contributed by atoms with van der Waals surface area (Å²) in [7, 11) is 0. The Morgan fingerprint density at radius 2 is 1.41 bits per heavy atom. The van der Waals surface area contributed by atoms with Crippen LogP contribution in [0.4, 0.5) is 0 Å². The molecule has 0 saturated carbocycles. The number of ether oxygens (including phenoxy) is 1. The minimum atomic E-state index is -1.08. The summed E-state index contributed by atoms with van der Waals surface area (Å²) in [4.78, 5) is 39.7. The lowest BCUT2D eigenvalue weighted by molar-refractivity contribution is -0.302. The highest BCUT2D eigenvalue weighted by atomic mass is 16.5. The number of hydrogen-bond acceptors (Lipinski definition) is 6. The molecule has 10 nitrogen and oxygen atoms in total. The number of guanidine groups is 1. The van der Waals surface area contributed by atoms with Crippen molar-refractivity contribution < 1.29 is 24.2 Å². The van der Waals surface area contributed by atoms with E-state index < -0.39 is 17.9 Å². The molecule has 0 radical (unpaired) electrons. The first kappa shape index (κ1) is 32.4. The van der Waals surface area contributed by atoms with E-state index in [-0.39, 0.29) is 17.8 Å². The molecule has 0 spiro atoms. The average Bonchev–Trinajstić information content (AvgIpc) is 2.95. The van der Waals surface area contributed by atoms with Crippen molar-refractivity contribution in [2.45, 2.75) is 45.2 Å². The van der Waals surface area contributed by atoms with Gasteiger partial charge in [-0.25, -0.2) is 0 Å². The number of amides is 2.